The zero-order chi connectivity index (χ0) is 97.7. The number of aliphatic hydroxyl groups is 2. The molecule has 0 bridgehead atoms. The number of fused-ring (bicyclic) bond motifs is 2. The molecule has 6 heterocycles. The number of aryl methyl sites for hydroxylation is 8. The number of hydrogen-bond acceptors (Lipinski definition) is 8. The molecular weight excluding hydrogens is 2070 g/mol. The molecule has 0 aliphatic carbocycles. The van der Waals surface area contributed by atoms with Gasteiger partial charge in [0, 0.05) is 50.3 Å². The molecule has 0 amide bonds. The average Bonchev–Trinajstić information content (AvgIpc) is 1.59. The van der Waals surface area contributed by atoms with Crippen LogP contribution in [0.1, 0.15) is 146 Å². The van der Waals surface area contributed by atoms with Crippen molar-refractivity contribution in [3.05, 3.63) is 480 Å². The van der Waals surface area contributed by atoms with Crippen LogP contribution in [0, 0.1) is 85.7 Å². The maximum Gasteiger partial charge on any atom is 3.00 e. The van der Waals surface area contributed by atoms with Gasteiger partial charge in [-0.1, -0.05) is 314 Å². The summed E-state index contributed by atoms with van der Waals surface area (Å²) in [5.41, 5.74) is 42.1. The van der Waals surface area contributed by atoms with Gasteiger partial charge in [0.15, 0.2) is 0 Å². The fourth-order valence-electron chi connectivity index (χ4n) is 16.3. The summed E-state index contributed by atoms with van der Waals surface area (Å²) in [5.74, 6) is 3.67. The zero-order valence-electron chi connectivity index (χ0n) is 83.3. The average molecular weight is 2190 g/mol. The number of pyridine rings is 4. The minimum Gasteiger partial charge on any atom is -0.400 e. The third-order valence-electron chi connectivity index (χ3n) is 24.5. The van der Waals surface area contributed by atoms with Crippen LogP contribution < -0.4 is 0 Å². The van der Waals surface area contributed by atoms with E-state index in [2.05, 4.69) is 461 Å². The Morgan fingerprint density at radius 2 is 0.464 bits per heavy atom. The quantitative estimate of drug-likeness (QED) is 0.0916. The monoisotopic (exact) mass is 2190 g/mol. The van der Waals surface area contributed by atoms with Crippen LogP contribution in [0.5, 0.6) is 0 Å². The van der Waals surface area contributed by atoms with Crippen molar-refractivity contribution in [2.24, 2.45) is 0 Å². The summed E-state index contributed by atoms with van der Waals surface area (Å²) in [6, 6.07) is 140. The molecule has 0 saturated carbocycles. The van der Waals surface area contributed by atoms with Crippen LogP contribution >= 0.6 is 0 Å². The number of aromatic nitrogens is 8. The molecule has 0 unspecified atom stereocenters. The Morgan fingerprint density at radius 3 is 0.729 bits per heavy atom. The number of hydrogen-bond donors (Lipinski definition) is 2. The maximum atomic E-state index is 7.00. The normalized spacial score (nSPS) is 10.6. The van der Waals surface area contributed by atoms with E-state index in [0.717, 1.165) is 104 Å². The van der Waals surface area contributed by atoms with Gasteiger partial charge in [0.2, 0.25) is 0 Å². The van der Waals surface area contributed by atoms with E-state index in [0.29, 0.717) is 23.7 Å². The third-order valence-corrected chi connectivity index (χ3v) is 24.5. The molecule has 0 radical (unpaired) electrons. The van der Waals surface area contributed by atoms with E-state index in [9.17, 15) is 0 Å². The van der Waals surface area contributed by atoms with Crippen molar-refractivity contribution in [1.82, 2.24) is 39.0 Å². The fourth-order valence-corrected chi connectivity index (χ4v) is 16.3. The van der Waals surface area contributed by atoms with Crippen LogP contribution in [0.15, 0.2) is 383 Å². The van der Waals surface area contributed by atoms with Crippen LogP contribution in [0.25, 0.3) is 146 Å². The van der Waals surface area contributed by atoms with Crippen molar-refractivity contribution in [3.8, 4) is 124 Å². The molecule has 12 heteroatoms. The van der Waals surface area contributed by atoms with E-state index < -0.39 is 0 Å². The molecule has 0 saturated heterocycles. The first-order valence-corrected chi connectivity index (χ1v) is 47.3. The van der Waals surface area contributed by atoms with Gasteiger partial charge in [0.1, 0.15) is 5.82 Å². The molecule has 0 fully saturated rings. The van der Waals surface area contributed by atoms with Crippen molar-refractivity contribution < 1.29 is 50.4 Å². The van der Waals surface area contributed by atoms with Crippen LogP contribution in [-0.2, 0) is 40.2 Å². The molecule has 2 N–H and O–H groups in total. The van der Waals surface area contributed by atoms with Gasteiger partial charge >= 0.3 is 40.2 Å². The Hall–Kier alpha value is -14.2. The summed E-state index contributed by atoms with van der Waals surface area (Å²) < 4.78 is 4.71. The summed E-state index contributed by atoms with van der Waals surface area (Å²) >= 11 is 0. The van der Waals surface area contributed by atoms with Crippen molar-refractivity contribution in [2.75, 3.05) is 14.2 Å². The van der Waals surface area contributed by atoms with Gasteiger partial charge in [-0.25, -0.2) is 4.98 Å². The molecular formula is C128H123Ir2N8O2+. The number of para-hydroxylation sites is 6. The summed E-state index contributed by atoms with van der Waals surface area (Å²) in [7, 11) is 2.00. The van der Waals surface area contributed by atoms with E-state index in [1.165, 1.54) is 123 Å². The van der Waals surface area contributed by atoms with E-state index in [1.807, 2.05) is 91.5 Å². The standard InChI is InChI=1S/C25H26N2.C25H25N2.4C19H16N.2CH4O.2Ir/c2*1-17(2)20-13-10-14-21(18(3)4)24(20)27-23-16-9-8-15-22(23)26-25(27)19-11-6-5-7-12-19;4*1-14-11-19(20-13-15(14)2)18-10-6-9-17(12-18)16-7-4-3-5-8-16;2*1-2;;/h5-18H,1-4H3;5-11,13-18H,1-4H3;4*3-9,11-13H,1-2H3;2*2H,1H3;;/q;5*-1;;;2*+3. The molecule has 140 heavy (non-hydrogen) atoms. The van der Waals surface area contributed by atoms with Crippen LogP contribution in [0.4, 0.5) is 0 Å². The Labute approximate surface area is 857 Å². The summed E-state index contributed by atoms with van der Waals surface area (Å²) in [6.07, 6.45) is 7.70. The van der Waals surface area contributed by atoms with Crippen LogP contribution in [-0.4, -0.2) is 63.5 Å². The second-order valence-corrected chi connectivity index (χ2v) is 35.4. The van der Waals surface area contributed by atoms with Gasteiger partial charge in [-0.2, -0.15) is 0 Å². The van der Waals surface area contributed by atoms with Crippen molar-refractivity contribution in [3.63, 3.8) is 0 Å². The van der Waals surface area contributed by atoms with Crippen molar-refractivity contribution in [1.29, 1.82) is 0 Å². The number of benzene rings is 14. The Balaban J connectivity index is 0.000000160. The van der Waals surface area contributed by atoms with Crippen LogP contribution in [0.2, 0.25) is 0 Å². The van der Waals surface area contributed by atoms with Gasteiger partial charge in [-0.05, 0) is 193 Å². The van der Waals surface area contributed by atoms with E-state index in [1.54, 1.807) is 0 Å². The molecule has 6 aromatic heterocycles. The van der Waals surface area contributed by atoms with E-state index in [-0.39, 0.29) is 40.2 Å². The Bertz CT molecular complexity index is 6590. The predicted octanol–water partition coefficient (Wildman–Crippen LogP) is 32.2. The third kappa shape index (κ3) is 26.8. The van der Waals surface area contributed by atoms with Gasteiger partial charge < -0.3 is 34.7 Å². The van der Waals surface area contributed by atoms with Crippen molar-refractivity contribution >= 4 is 22.1 Å². The van der Waals surface area contributed by atoms with E-state index >= 15 is 0 Å². The smallest absolute Gasteiger partial charge is 0.400 e. The minimum atomic E-state index is 0. The first-order valence-electron chi connectivity index (χ1n) is 47.3. The SMILES string of the molecule is CC(C)c1cccc(C(C)C)c1-n1c(-c2[c-]cccc2)nc2ccccc21.CC(C)c1cccc(C(C)C)c1-n1c(-c2ccccc2)nc2ccccc21.CO.CO.Cc1cnc(-c2[c-]ccc(-c3ccccc3)c2)cc1C.Cc1cnc(-c2[c-]ccc(-c3ccccc3)c2)cc1C.Cc1cnc(-c2[c-]ccc(-c3ccccc3)c2)cc1C.Cc1cnc(-c2[c-]ccc(-c3ccccc3)c2)cc1C.[Ir+3].[Ir+3]. The fraction of sp³-hybridized carbons (Fsp3) is 0.172. The van der Waals surface area contributed by atoms with Gasteiger partial charge in [0.25, 0.3) is 0 Å². The maximum absolute atomic E-state index is 7.00. The number of nitrogens with zero attached hydrogens (tertiary/aromatic N) is 8. The summed E-state index contributed by atoms with van der Waals surface area (Å²) in [4.78, 5) is 28.1. The number of aliphatic hydroxyl groups excluding tert-OH is 2. The van der Waals surface area contributed by atoms with Gasteiger partial charge in [-0.3, -0.25) is 9.55 Å². The molecule has 0 atom stereocenters. The summed E-state index contributed by atoms with van der Waals surface area (Å²) in [5, 5.41) is 14.0. The number of rotatable bonds is 16. The molecule has 10 nitrogen and oxygen atoms in total. The van der Waals surface area contributed by atoms with Gasteiger partial charge in [-0.15, -0.1) is 177 Å². The molecule has 0 spiro atoms. The second-order valence-electron chi connectivity index (χ2n) is 35.4. The Kier molecular flexibility index (Phi) is 39.5. The predicted molar refractivity (Wildman–Crippen MR) is 578 cm³/mol. The molecule has 20 aromatic rings. The molecule has 0 aliphatic heterocycles. The zero-order valence-corrected chi connectivity index (χ0v) is 88.1. The first-order chi connectivity index (χ1) is 67.1. The van der Waals surface area contributed by atoms with Crippen molar-refractivity contribution in [2.45, 2.75) is 134 Å². The second kappa shape index (κ2) is 52.0. The first kappa shape index (κ1) is 106. The molecule has 14 aromatic carbocycles. The van der Waals surface area contributed by atoms with E-state index in [4.69, 9.17) is 20.2 Å². The van der Waals surface area contributed by atoms with Crippen LogP contribution in [0.3, 0.4) is 0 Å². The molecule has 0 aliphatic rings. The summed E-state index contributed by atoms with van der Waals surface area (Å²) in [6.45, 7) is 34.9. The topological polar surface area (TPSA) is 128 Å². The molecule has 704 valence electrons. The van der Waals surface area contributed by atoms with Gasteiger partial charge in [0.05, 0.1) is 33.6 Å². The molecule has 20 rings (SSSR count). The minimum absolute atomic E-state index is 0. The largest absolute Gasteiger partial charge is 3.00 e. The number of imidazole rings is 2. The Morgan fingerprint density at radius 1 is 0.221 bits per heavy atom.